The normalized spacial score (nSPS) is 10.9. The minimum Gasteiger partial charge on any atom is -0.497 e. The highest BCUT2D eigenvalue weighted by Gasteiger charge is 2.30. The van der Waals surface area contributed by atoms with Crippen molar-refractivity contribution in [2.75, 3.05) is 19.5 Å². The van der Waals surface area contributed by atoms with Crippen molar-refractivity contribution >= 4 is 11.7 Å². The molecule has 0 bridgehead atoms. The zero-order chi connectivity index (χ0) is 18.4. The van der Waals surface area contributed by atoms with E-state index in [1.807, 2.05) is 0 Å². The quantitative estimate of drug-likeness (QED) is 0.873. The number of halogens is 3. The zero-order valence-corrected chi connectivity index (χ0v) is 13.6. The Hall–Kier alpha value is -2.90. The van der Waals surface area contributed by atoms with E-state index in [-0.39, 0.29) is 18.3 Å². The average molecular weight is 354 g/mol. The fraction of sp³-hybridized carbons (Fsp3) is 0.235. The van der Waals surface area contributed by atoms with E-state index in [0.29, 0.717) is 17.0 Å². The van der Waals surface area contributed by atoms with Gasteiger partial charge in [-0.3, -0.25) is 0 Å². The van der Waals surface area contributed by atoms with E-state index in [2.05, 4.69) is 10.1 Å². The van der Waals surface area contributed by atoms with Gasteiger partial charge >= 0.3 is 12.4 Å². The molecule has 0 spiro atoms. The molecule has 0 heterocycles. The third-order valence-electron chi connectivity index (χ3n) is 3.24. The van der Waals surface area contributed by atoms with E-state index in [1.165, 1.54) is 36.3 Å². The molecular formula is C17H17F3N2O3. The molecule has 0 aliphatic carbocycles. The highest BCUT2D eigenvalue weighted by atomic mass is 19.4. The molecule has 1 N–H and O–H groups in total. The molecule has 2 aromatic rings. The first kappa shape index (κ1) is 18.4. The Morgan fingerprint density at radius 1 is 1.12 bits per heavy atom. The monoisotopic (exact) mass is 354 g/mol. The Labute approximate surface area is 143 Å². The van der Waals surface area contributed by atoms with Gasteiger partial charge in [-0.05, 0) is 29.8 Å². The van der Waals surface area contributed by atoms with Crippen molar-refractivity contribution in [3.8, 4) is 11.5 Å². The molecule has 0 saturated carbocycles. The molecule has 134 valence electrons. The van der Waals surface area contributed by atoms with E-state index in [4.69, 9.17) is 4.74 Å². The van der Waals surface area contributed by atoms with Crippen LogP contribution < -0.4 is 14.8 Å². The van der Waals surface area contributed by atoms with Crippen molar-refractivity contribution in [1.29, 1.82) is 0 Å². The highest BCUT2D eigenvalue weighted by molar-refractivity contribution is 5.89. The predicted molar refractivity (Wildman–Crippen MR) is 86.6 cm³/mol. The van der Waals surface area contributed by atoms with Crippen molar-refractivity contribution in [2.24, 2.45) is 0 Å². The lowest BCUT2D eigenvalue weighted by Crippen LogP contribution is -2.30. The van der Waals surface area contributed by atoms with Gasteiger partial charge in [0.2, 0.25) is 0 Å². The summed E-state index contributed by atoms with van der Waals surface area (Å²) in [5.41, 5.74) is 1.24. The van der Waals surface area contributed by atoms with E-state index in [9.17, 15) is 18.0 Å². The second kappa shape index (κ2) is 7.78. The van der Waals surface area contributed by atoms with E-state index >= 15 is 0 Å². The summed E-state index contributed by atoms with van der Waals surface area (Å²) in [5, 5.41) is 2.71. The van der Waals surface area contributed by atoms with Gasteiger partial charge in [0.25, 0.3) is 0 Å². The van der Waals surface area contributed by atoms with Crippen molar-refractivity contribution in [1.82, 2.24) is 4.90 Å². The maximum atomic E-state index is 12.2. The molecule has 2 amide bonds. The Bertz CT molecular complexity index is 718. The number of rotatable bonds is 5. The first-order valence-corrected chi connectivity index (χ1v) is 7.28. The zero-order valence-electron chi connectivity index (χ0n) is 13.6. The summed E-state index contributed by atoms with van der Waals surface area (Å²) in [6.45, 7) is 0.224. The molecule has 2 aromatic carbocycles. The van der Waals surface area contributed by atoms with Crippen molar-refractivity contribution in [2.45, 2.75) is 12.9 Å². The molecule has 0 saturated heterocycles. The smallest absolute Gasteiger partial charge is 0.497 e. The second-order valence-corrected chi connectivity index (χ2v) is 5.21. The minimum atomic E-state index is -4.73. The van der Waals surface area contributed by atoms with E-state index in [1.54, 1.807) is 31.3 Å². The van der Waals surface area contributed by atoms with Gasteiger partial charge in [0.1, 0.15) is 11.5 Å². The van der Waals surface area contributed by atoms with Gasteiger partial charge in [-0.2, -0.15) is 0 Å². The van der Waals surface area contributed by atoms with Crippen LogP contribution in [0, 0.1) is 0 Å². The number of ether oxygens (including phenoxy) is 2. The first-order chi connectivity index (χ1) is 11.8. The number of alkyl halides is 3. The number of urea groups is 1. The molecule has 0 aliphatic rings. The van der Waals surface area contributed by atoms with Gasteiger partial charge in [-0.25, -0.2) is 4.79 Å². The Balaban J connectivity index is 1.94. The fourth-order valence-corrected chi connectivity index (χ4v) is 2.06. The van der Waals surface area contributed by atoms with Crippen LogP contribution in [0.5, 0.6) is 11.5 Å². The topological polar surface area (TPSA) is 50.8 Å². The molecule has 0 atom stereocenters. The SMILES string of the molecule is COc1cccc(NC(=O)N(C)Cc2ccc(OC(F)(F)F)cc2)c1. The molecular weight excluding hydrogens is 337 g/mol. The van der Waals surface area contributed by atoms with Crippen LogP contribution in [0.1, 0.15) is 5.56 Å². The second-order valence-electron chi connectivity index (χ2n) is 5.21. The first-order valence-electron chi connectivity index (χ1n) is 7.28. The van der Waals surface area contributed by atoms with Crippen LogP contribution in [0.25, 0.3) is 0 Å². The van der Waals surface area contributed by atoms with Crippen molar-refractivity contribution in [3.63, 3.8) is 0 Å². The summed E-state index contributed by atoms with van der Waals surface area (Å²) in [6.07, 6.45) is -4.73. The van der Waals surface area contributed by atoms with E-state index < -0.39 is 6.36 Å². The van der Waals surface area contributed by atoms with Gasteiger partial charge in [0.15, 0.2) is 0 Å². The van der Waals surface area contributed by atoms with Crippen LogP contribution in [0.4, 0.5) is 23.7 Å². The van der Waals surface area contributed by atoms with Crippen LogP contribution in [-0.4, -0.2) is 31.5 Å². The Morgan fingerprint density at radius 2 is 1.80 bits per heavy atom. The summed E-state index contributed by atoms with van der Waals surface area (Å²) in [4.78, 5) is 13.6. The molecule has 8 heteroatoms. The van der Waals surface area contributed by atoms with Gasteiger partial charge < -0.3 is 19.7 Å². The lowest BCUT2D eigenvalue weighted by Gasteiger charge is -2.18. The Morgan fingerprint density at radius 3 is 2.40 bits per heavy atom. The van der Waals surface area contributed by atoms with Gasteiger partial charge in [-0.1, -0.05) is 18.2 Å². The number of hydrogen-bond acceptors (Lipinski definition) is 3. The number of nitrogens with zero attached hydrogens (tertiary/aromatic N) is 1. The van der Waals surface area contributed by atoms with Gasteiger partial charge in [-0.15, -0.1) is 13.2 Å². The Kier molecular flexibility index (Phi) is 5.74. The molecule has 0 aliphatic heterocycles. The number of benzene rings is 2. The standard InChI is InChI=1S/C17H17F3N2O3/c1-22(16(23)21-13-4-3-5-15(10-13)24-2)11-12-6-8-14(9-7-12)25-17(18,19)20/h3-10H,11H2,1-2H3,(H,21,23). The highest BCUT2D eigenvalue weighted by Crippen LogP contribution is 2.23. The molecule has 2 rings (SSSR count). The molecule has 0 aromatic heterocycles. The molecule has 25 heavy (non-hydrogen) atoms. The van der Waals surface area contributed by atoms with Crippen LogP contribution in [-0.2, 0) is 6.54 Å². The number of hydrogen-bond donors (Lipinski definition) is 1. The number of amides is 2. The number of anilines is 1. The summed E-state index contributed by atoms with van der Waals surface area (Å²) in [6, 6.07) is 11.9. The predicted octanol–water partition coefficient (Wildman–Crippen LogP) is 4.26. The largest absolute Gasteiger partial charge is 0.573 e. The third kappa shape index (κ3) is 5.91. The summed E-state index contributed by atoms with van der Waals surface area (Å²) < 4.78 is 45.3. The molecule has 0 radical (unpaired) electrons. The van der Waals surface area contributed by atoms with Crippen LogP contribution >= 0.6 is 0 Å². The third-order valence-corrected chi connectivity index (χ3v) is 3.24. The van der Waals surface area contributed by atoms with Gasteiger partial charge in [0.05, 0.1) is 7.11 Å². The number of nitrogens with one attached hydrogen (secondary N) is 1. The molecule has 0 unspecified atom stereocenters. The summed E-state index contributed by atoms with van der Waals surface area (Å²) in [7, 11) is 3.11. The maximum absolute atomic E-state index is 12.2. The summed E-state index contributed by atoms with van der Waals surface area (Å²) >= 11 is 0. The maximum Gasteiger partial charge on any atom is 0.573 e. The number of carbonyl (C=O) groups excluding carboxylic acids is 1. The molecule has 5 nitrogen and oxygen atoms in total. The van der Waals surface area contributed by atoms with E-state index in [0.717, 1.165) is 0 Å². The average Bonchev–Trinajstić information content (AvgIpc) is 2.55. The van der Waals surface area contributed by atoms with Crippen LogP contribution in [0.2, 0.25) is 0 Å². The fourth-order valence-electron chi connectivity index (χ4n) is 2.06. The summed E-state index contributed by atoms with van der Waals surface area (Å²) in [5.74, 6) is 0.306. The van der Waals surface area contributed by atoms with Crippen molar-refractivity contribution < 1.29 is 27.4 Å². The lowest BCUT2D eigenvalue weighted by atomic mass is 10.2. The van der Waals surface area contributed by atoms with Crippen LogP contribution in [0.15, 0.2) is 48.5 Å². The van der Waals surface area contributed by atoms with Crippen molar-refractivity contribution in [3.05, 3.63) is 54.1 Å². The minimum absolute atomic E-state index is 0.224. The van der Waals surface area contributed by atoms with Gasteiger partial charge in [0, 0.05) is 25.3 Å². The lowest BCUT2D eigenvalue weighted by molar-refractivity contribution is -0.274. The van der Waals surface area contributed by atoms with Crippen LogP contribution in [0.3, 0.4) is 0 Å². The number of methoxy groups -OCH3 is 1. The molecule has 0 fully saturated rings. The number of carbonyl (C=O) groups is 1.